The number of nitrogens with one attached hydrogen (secondary N) is 1. The Hall–Kier alpha value is -3.83. The van der Waals surface area contributed by atoms with Gasteiger partial charge < -0.3 is 10.1 Å². The average molecular weight is 392 g/mol. The highest BCUT2D eigenvalue weighted by molar-refractivity contribution is 5.83. The second kappa shape index (κ2) is 7.89. The Morgan fingerprint density at radius 3 is 2.27 bits per heavy atom. The van der Waals surface area contributed by atoms with Gasteiger partial charge >= 0.3 is 0 Å². The zero-order valence-corrected chi connectivity index (χ0v) is 16.3. The van der Waals surface area contributed by atoms with Gasteiger partial charge in [-0.2, -0.15) is 0 Å². The standard InChI is InChI=1S/C25H20N4O/c30-16-17-10-12-19(13-11-17)24-25(18-6-2-1-3-7-18)29-28-23(27-24)14-20-15-26-22-9-5-4-8-21(20)22/h1-13,15,26,30H,14,16H2. The fourth-order valence-electron chi connectivity index (χ4n) is 3.64. The van der Waals surface area contributed by atoms with Crippen molar-refractivity contribution in [1.29, 1.82) is 0 Å². The number of rotatable bonds is 5. The number of aliphatic hydroxyl groups excluding tert-OH is 1. The monoisotopic (exact) mass is 392 g/mol. The first-order valence-electron chi connectivity index (χ1n) is 9.86. The van der Waals surface area contributed by atoms with E-state index >= 15 is 0 Å². The van der Waals surface area contributed by atoms with E-state index in [0.717, 1.165) is 39.2 Å². The number of aromatic amines is 1. The van der Waals surface area contributed by atoms with E-state index in [0.29, 0.717) is 12.2 Å². The fourth-order valence-corrected chi connectivity index (χ4v) is 3.64. The zero-order chi connectivity index (χ0) is 20.3. The molecule has 2 aromatic heterocycles. The van der Waals surface area contributed by atoms with Gasteiger partial charge in [-0.1, -0.05) is 72.8 Å². The van der Waals surface area contributed by atoms with Crippen molar-refractivity contribution in [3.8, 4) is 22.5 Å². The molecule has 3 aromatic carbocycles. The first-order chi connectivity index (χ1) is 14.8. The summed E-state index contributed by atoms with van der Waals surface area (Å²) in [5.74, 6) is 0.667. The van der Waals surface area contributed by atoms with Gasteiger partial charge in [0, 0.05) is 34.6 Å². The van der Waals surface area contributed by atoms with Crippen LogP contribution in [0.2, 0.25) is 0 Å². The second-order valence-electron chi connectivity index (χ2n) is 7.18. The molecule has 5 heteroatoms. The van der Waals surface area contributed by atoms with E-state index in [1.807, 2.05) is 72.9 Å². The largest absolute Gasteiger partial charge is 0.392 e. The van der Waals surface area contributed by atoms with Crippen LogP contribution in [-0.4, -0.2) is 25.3 Å². The molecule has 2 N–H and O–H groups in total. The van der Waals surface area contributed by atoms with Gasteiger partial charge in [0.1, 0.15) is 11.4 Å². The SMILES string of the molecule is OCc1ccc(-c2nc(Cc3c[nH]c4ccccc34)nnc2-c2ccccc2)cc1. The second-order valence-corrected chi connectivity index (χ2v) is 7.18. The number of aliphatic hydroxyl groups is 1. The number of benzene rings is 3. The predicted molar refractivity (Wildman–Crippen MR) is 118 cm³/mol. The summed E-state index contributed by atoms with van der Waals surface area (Å²) >= 11 is 0. The first kappa shape index (κ1) is 18.2. The van der Waals surface area contributed by atoms with Crippen LogP contribution in [0.5, 0.6) is 0 Å². The molecule has 0 atom stereocenters. The van der Waals surface area contributed by atoms with Crippen LogP contribution in [-0.2, 0) is 13.0 Å². The maximum atomic E-state index is 9.37. The van der Waals surface area contributed by atoms with E-state index in [1.165, 1.54) is 5.39 Å². The molecule has 0 saturated carbocycles. The molecule has 5 rings (SSSR count). The molecule has 146 valence electrons. The maximum Gasteiger partial charge on any atom is 0.156 e. The Morgan fingerprint density at radius 1 is 0.733 bits per heavy atom. The third kappa shape index (κ3) is 3.47. The highest BCUT2D eigenvalue weighted by atomic mass is 16.3. The van der Waals surface area contributed by atoms with Crippen molar-refractivity contribution in [1.82, 2.24) is 20.2 Å². The van der Waals surface area contributed by atoms with Gasteiger partial charge in [0.15, 0.2) is 5.82 Å². The molecule has 0 aliphatic heterocycles. The smallest absolute Gasteiger partial charge is 0.156 e. The minimum atomic E-state index is 0.0136. The molecular weight excluding hydrogens is 372 g/mol. The Bertz CT molecular complexity index is 1290. The van der Waals surface area contributed by atoms with Crippen molar-refractivity contribution in [2.75, 3.05) is 0 Å². The van der Waals surface area contributed by atoms with Gasteiger partial charge in [0.25, 0.3) is 0 Å². The Balaban J connectivity index is 1.59. The maximum absolute atomic E-state index is 9.37. The molecule has 0 spiro atoms. The molecule has 0 aliphatic carbocycles. The Kier molecular flexibility index (Phi) is 4.79. The molecule has 5 aromatic rings. The summed E-state index contributed by atoms with van der Waals surface area (Å²) in [6, 6.07) is 25.9. The van der Waals surface area contributed by atoms with E-state index in [-0.39, 0.29) is 6.61 Å². The summed E-state index contributed by atoms with van der Waals surface area (Å²) < 4.78 is 0. The summed E-state index contributed by atoms with van der Waals surface area (Å²) in [6.45, 7) is 0.0136. The van der Waals surface area contributed by atoms with Crippen LogP contribution in [0, 0.1) is 0 Å². The molecule has 0 fully saturated rings. The van der Waals surface area contributed by atoms with Crippen LogP contribution in [0.3, 0.4) is 0 Å². The van der Waals surface area contributed by atoms with Crippen LogP contribution < -0.4 is 0 Å². The summed E-state index contributed by atoms with van der Waals surface area (Å²) in [4.78, 5) is 8.21. The minimum absolute atomic E-state index is 0.0136. The third-order valence-electron chi connectivity index (χ3n) is 5.21. The quantitative estimate of drug-likeness (QED) is 0.452. The van der Waals surface area contributed by atoms with Crippen LogP contribution in [0.4, 0.5) is 0 Å². The van der Waals surface area contributed by atoms with Crippen LogP contribution >= 0.6 is 0 Å². The highest BCUT2D eigenvalue weighted by Crippen LogP contribution is 2.29. The lowest BCUT2D eigenvalue weighted by Crippen LogP contribution is -2.04. The number of fused-ring (bicyclic) bond motifs is 1. The lowest BCUT2D eigenvalue weighted by Gasteiger charge is -2.10. The average Bonchev–Trinajstić information content (AvgIpc) is 3.22. The molecule has 0 unspecified atom stereocenters. The van der Waals surface area contributed by atoms with Gasteiger partial charge in [-0.15, -0.1) is 10.2 Å². The first-order valence-corrected chi connectivity index (χ1v) is 9.86. The minimum Gasteiger partial charge on any atom is -0.392 e. The molecule has 0 aliphatic rings. The lowest BCUT2D eigenvalue weighted by molar-refractivity contribution is 0.282. The molecule has 0 saturated heterocycles. The number of H-pyrrole nitrogens is 1. The van der Waals surface area contributed by atoms with E-state index in [2.05, 4.69) is 27.3 Å². The van der Waals surface area contributed by atoms with Gasteiger partial charge in [-0.05, 0) is 17.2 Å². The van der Waals surface area contributed by atoms with E-state index < -0.39 is 0 Å². The number of nitrogens with zero attached hydrogens (tertiary/aromatic N) is 3. The number of hydrogen-bond donors (Lipinski definition) is 2. The summed E-state index contributed by atoms with van der Waals surface area (Å²) in [5, 5.41) is 19.5. The fraction of sp³-hybridized carbons (Fsp3) is 0.0800. The number of hydrogen-bond acceptors (Lipinski definition) is 4. The van der Waals surface area contributed by atoms with Gasteiger partial charge in [-0.3, -0.25) is 0 Å². The van der Waals surface area contributed by atoms with Crippen molar-refractivity contribution >= 4 is 10.9 Å². The number of para-hydroxylation sites is 1. The summed E-state index contributed by atoms with van der Waals surface area (Å²) in [7, 11) is 0. The third-order valence-corrected chi connectivity index (χ3v) is 5.21. The van der Waals surface area contributed by atoms with Crippen molar-refractivity contribution in [2.45, 2.75) is 13.0 Å². The molecular formula is C25H20N4O. The van der Waals surface area contributed by atoms with Crippen molar-refractivity contribution in [3.63, 3.8) is 0 Å². The molecule has 2 heterocycles. The Morgan fingerprint density at radius 2 is 1.47 bits per heavy atom. The molecule has 30 heavy (non-hydrogen) atoms. The van der Waals surface area contributed by atoms with E-state index in [4.69, 9.17) is 4.98 Å². The molecule has 0 radical (unpaired) electrons. The molecule has 0 amide bonds. The Labute approximate surface area is 174 Å². The van der Waals surface area contributed by atoms with Crippen LogP contribution in [0.1, 0.15) is 17.0 Å². The summed E-state index contributed by atoms with van der Waals surface area (Å²) in [6.07, 6.45) is 2.60. The molecule has 5 nitrogen and oxygen atoms in total. The van der Waals surface area contributed by atoms with E-state index in [1.54, 1.807) is 0 Å². The number of aromatic nitrogens is 4. The van der Waals surface area contributed by atoms with Crippen LogP contribution in [0.25, 0.3) is 33.4 Å². The van der Waals surface area contributed by atoms with Gasteiger partial charge in [-0.25, -0.2) is 4.98 Å². The van der Waals surface area contributed by atoms with E-state index in [9.17, 15) is 5.11 Å². The zero-order valence-electron chi connectivity index (χ0n) is 16.3. The van der Waals surface area contributed by atoms with Gasteiger partial charge in [0.2, 0.25) is 0 Å². The van der Waals surface area contributed by atoms with Crippen molar-refractivity contribution < 1.29 is 5.11 Å². The summed E-state index contributed by atoms with van der Waals surface area (Å²) in [5.41, 5.74) is 6.55. The lowest BCUT2D eigenvalue weighted by atomic mass is 10.0. The highest BCUT2D eigenvalue weighted by Gasteiger charge is 2.15. The predicted octanol–water partition coefficient (Wildman–Crippen LogP) is 4.77. The van der Waals surface area contributed by atoms with Crippen LogP contribution in [0.15, 0.2) is 85.1 Å². The van der Waals surface area contributed by atoms with Gasteiger partial charge in [0.05, 0.1) is 6.61 Å². The van der Waals surface area contributed by atoms with Crippen molar-refractivity contribution in [2.24, 2.45) is 0 Å². The molecule has 0 bridgehead atoms. The van der Waals surface area contributed by atoms with Crippen molar-refractivity contribution in [3.05, 3.63) is 102 Å². The topological polar surface area (TPSA) is 74.7 Å². The normalized spacial score (nSPS) is 11.1.